The average molecular weight is 182 g/mol. The predicted octanol–water partition coefficient (Wildman–Crippen LogP) is 2.84. The number of hydrogen-bond acceptors (Lipinski definition) is 1. The van der Waals surface area contributed by atoms with E-state index in [0.29, 0.717) is 0 Å². The topological polar surface area (TPSA) is 37.3 Å². The molecule has 0 radical (unpaired) electrons. The molecule has 1 N–H and O–H groups in total. The largest absolute Gasteiger partial charge is 0.478 e. The first-order chi connectivity index (χ1) is 5.87. The monoisotopic (exact) mass is 182 g/mol. The molecular weight excluding hydrogens is 164 g/mol. The molecule has 0 bridgehead atoms. The number of rotatable bonds is 2. The van der Waals surface area contributed by atoms with Crippen molar-refractivity contribution >= 4 is 5.97 Å². The smallest absolute Gasteiger partial charge is 0.327 e. The zero-order valence-corrected chi connectivity index (χ0v) is 8.63. The molecule has 1 atom stereocenters. The second-order valence-corrected chi connectivity index (χ2v) is 4.83. The second kappa shape index (κ2) is 3.17. The molecule has 2 heteroatoms. The molecule has 0 aromatic carbocycles. The van der Waals surface area contributed by atoms with Crippen molar-refractivity contribution in [3.05, 3.63) is 12.2 Å². The molecule has 0 amide bonds. The zero-order chi connectivity index (χ0) is 10.1. The first-order valence-corrected chi connectivity index (χ1v) is 4.80. The summed E-state index contributed by atoms with van der Waals surface area (Å²) in [6, 6.07) is 0. The lowest BCUT2D eigenvalue weighted by Gasteiger charge is -2.35. The van der Waals surface area contributed by atoms with Crippen molar-refractivity contribution in [1.82, 2.24) is 0 Å². The van der Waals surface area contributed by atoms with E-state index in [9.17, 15) is 4.79 Å². The molecule has 0 aliphatic heterocycles. The van der Waals surface area contributed by atoms with Gasteiger partial charge in [-0.3, -0.25) is 0 Å². The molecule has 0 aromatic rings. The van der Waals surface area contributed by atoms with Crippen LogP contribution in [0.4, 0.5) is 0 Å². The minimum atomic E-state index is -0.844. The molecule has 0 heterocycles. The second-order valence-electron chi connectivity index (χ2n) is 4.83. The lowest BCUT2D eigenvalue weighted by Crippen LogP contribution is -2.27. The first-order valence-electron chi connectivity index (χ1n) is 4.80. The Morgan fingerprint density at radius 1 is 1.31 bits per heavy atom. The molecule has 1 aliphatic rings. The first kappa shape index (κ1) is 10.3. The number of hydrogen-bond donors (Lipinski definition) is 1. The van der Waals surface area contributed by atoms with E-state index in [1.165, 1.54) is 18.9 Å². The van der Waals surface area contributed by atoms with Crippen LogP contribution in [0, 0.1) is 10.8 Å². The lowest BCUT2D eigenvalue weighted by molar-refractivity contribution is -0.131. The molecule has 0 saturated heterocycles. The van der Waals surface area contributed by atoms with Crippen LogP contribution in [0.3, 0.4) is 0 Å². The molecule has 74 valence electrons. The number of carboxylic acids is 1. The van der Waals surface area contributed by atoms with E-state index < -0.39 is 5.97 Å². The van der Waals surface area contributed by atoms with E-state index in [-0.39, 0.29) is 10.8 Å². The highest BCUT2D eigenvalue weighted by Crippen LogP contribution is 2.53. The normalized spacial score (nSPS) is 32.5. The molecule has 1 fully saturated rings. The molecule has 0 aromatic heterocycles. The van der Waals surface area contributed by atoms with Crippen LogP contribution < -0.4 is 0 Å². The van der Waals surface area contributed by atoms with Crippen LogP contribution in [-0.2, 0) is 4.79 Å². The molecule has 1 aliphatic carbocycles. The maximum atomic E-state index is 10.4. The summed E-state index contributed by atoms with van der Waals surface area (Å²) >= 11 is 0. The summed E-state index contributed by atoms with van der Waals surface area (Å²) in [7, 11) is 0. The molecule has 0 spiro atoms. The average Bonchev–Trinajstić information content (AvgIpc) is 2.24. The van der Waals surface area contributed by atoms with Crippen molar-refractivity contribution in [1.29, 1.82) is 0 Å². The SMILES string of the molecule is CC1(C)CCCC1(C)C=CC(=O)O. The van der Waals surface area contributed by atoms with Crippen molar-refractivity contribution < 1.29 is 9.90 Å². The Morgan fingerprint density at radius 2 is 1.92 bits per heavy atom. The lowest BCUT2D eigenvalue weighted by atomic mass is 9.69. The van der Waals surface area contributed by atoms with Gasteiger partial charge in [-0.05, 0) is 23.7 Å². The Bertz CT molecular complexity index is 240. The van der Waals surface area contributed by atoms with Gasteiger partial charge in [-0.25, -0.2) is 4.79 Å². The highest BCUT2D eigenvalue weighted by Gasteiger charge is 2.42. The molecule has 1 rings (SSSR count). The van der Waals surface area contributed by atoms with E-state index in [4.69, 9.17) is 5.11 Å². The van der Waals surface area contributed by atoms with Gasteiger partial charge in [0.15, 0.2) is 0 Å². The summed E-state index contributed by atoms with van der Waals surface area (Å²) in [5.41, 5.74) is 0.296. The summed E-state index contributed by atoms with van der Waals surface area (Å²) < 4.78 is 0. The maximum absolute atomic E-state index is 10.4. The van der Waals surface area contributed by atoms with Crippen LogP contribution in [0.15, 0.2) is 12.2 Å². The predicted molar refractivity (Wildman–Crippen MR) is 52.5 cm³/mol. The van der Waals surface area contributed by atoms with E-state index in [1.807, 2.05) is 6.08 Å². The van der Waals surface area contributed by atoms with E-state index in [1.54, 1.807) is 0 Å². The summed E-state index contributed by atoms with van der Waals surface area (Å²) in [6.45, 7) is 6.58. The van der Waals surface area contributed by atoms with E-state index in [2.05, 4.69) is 20.8 Å². The van der Waals surface area contributed by atoms with Crippen molar-refractivity contribution in [2.45, 2.75) is 40.0 Å². The highest BCUT2D eigenvalue weighted by molar-refractivity contribution is 5.79. The Kier molecular flexibility index (Phi) is 2.51. The van der Waals surface area contributed by atoms with Crippen LogP contribution in [0.1, 0.15) is 40.0 Å². The van der Waals surface area contributed by atoms with E-state index >= 15 is 0 Å². The van der Waals surface area contributed by atoms with Crippen molar-refractivity contribution in [3.63, 3.8) is 0 Å². The quantitative estimate of drug-likeness (QED) is 0.667. The van der Waals surface area contributed by atoms with Gasteiger partial charge in [0.05, 0.1) is 0 Å². The molecule has 1 unspecified atom stereocenters. The fourth-order valence-corrected chi connectivity index (χ4v) is 2.09. The number of carboxylic acid groups (broad SMARTS) is 1. The minimum Gasteiger partial charge on any atom is -0.478 e. The Morgan fingerprint density at radius 3 is 2.31 bits per heavy atom. The third-order valence-electron chi connectivity index (χ3n) is 3.64. The van der Waals surface area contributed by atoms with Crippen LogP contribution in [0.2, 0.25) is 0 Å². The van der Waals surface area contributed by atoms with Crippen LogP contribution in [0.5, 0.6) is 0 Å². The van der Waals surface area contributed by atoms with Gasteiger partial charge in [0.25, 0.3) is 0 Å². The van der Waals surface area contributed by atoms with Gasteiger partial charge >= 0.3 is 5.97 Å². The molecule has 1 saturated carbocycles. The highest BCUT2D eigenvalue weighted by atomic mass is 16.4. The summed E-state index contributed by atoms with van der Waals surface area (Å²) in [4.78, 5) is 10.4. The number of carbonyl (C=O) groups is 1. The van der Waals surface area contributed by atoms with Crippen molar-refractivity contribution in [2.75, 3.05) is 0 Å². The number of allylic oxidation sites excluding steroid dienone is 1. The van der Waals surface area contributed by atoms with Crippen molar-refractivity contribution in [2.24, 2.45) is 10.8 Å². The van der Waals surface area contributed by atoms with Crippen molar-refractivity contribution in [3.8, 4) is 0 Å². The molecule has 13 heavy (non-hydrogen) atoms. The maximum Gasteiger partial charge on any atom is 0.327 e. The summed E-state index contributed by atoms with van der Waals surface area (Å²) in [5, 5.41) is 8.57. The number of aliphatic carboxylic acids is 1. The van der Waals surface area contributed by atoms with Gasteiger partial charge in [0.1, 0.15) is 0 Å². The van der Waals surface area contributed by atoms with Gasteiger partial charge < -0.3 is 5.11 Å². The van der Waals surface area contributed by atoms with Gasteiger partial charge in [-0.15, -0.1) is 0 Å². The summed E-state index contributed by atoms with van der Waals surface area (Å²) in [6.07, 6.45) is 6.64. The Balaban J connectivity index is 2.81. The summed E-state index contributed by atoms with van der Waals surface area (Å²) in [5.74, 6) is -0.844. The molecule has 2 nitrogen and oxygen atoms in total. The fraction of sp³-hybridized carbons (Fsp3) is 0.727. The third-order valence-corrected chi connectivity index (χ3v) is 3.64. The van der Waals surface area contributed by atoms with Gasteiger partial charge in [-0.1, -0.05) is 33.3 Å². The van der Waals surface area contributed by atoms with Crippen LogP contribution >= 0.6 is 0 Å². The molecular formula is C11H18O2. The van der Waals surface area contributed by atoms with Gasteiger partial charge in [-0.2, -0.15) is 0 Å². The van der Waals surface area contributed by atoms with Gasteiger partial charge in [0, 0.05) is 6.08 Å². The van der Waals surface area contributed by atoms with Gasteiger partial charge in [0.2, 0.25) is 0 Å². The zero-order valence-electron chi connectivity index (χ0n) is 8.63. The Hall–Kier alpha value is -0.790. The van der Waals surface area contributed by atoms with Crippen LogP contribution in [0.25, 0.3) is 0 Å². The fourth-order valence-electron chi connectivity index (χ4n) is 2.09. The third kappa shape index (κ3) is 1.93. The standard InChI is InChI=1S/C11H18O2/c1-10(2)6-4-7-11(10,3)8-5-9(12)13/h5,8H,4,6-7H2,1-3H3,(H,12,13). The van der Waals surface area contributed by atoms with E-state index in [0.717, 1.165) is 6.42 Å². The minimum absolute atomic E-state index is 0.0609. The Labute approximate surface area is 79.6 Å². The van der Waals surface area contributed by atoms with Crippen LogP contribution in [-0.4, -0.2) is 11.1 Å².